The second-order valence-electron chi connectivity index (χ2n) is 5.60. The summed E-state index contributed by atoms with van der Waals surface area (Å²) in [4.78, 5) is 25.7. The Labute approximate surface area is 154 Å². The lowest BCUT2D eigenvalue weighted by Gasteiger charge is -2.10. The second kappa shape index (κ2) is 6.93. The third kappa shape index (κ3) is 3.49. The first-order valence-corrected chi connectivity index (χ1v) is 11.0. The molecule has 0 aliphatic carbocycles. The maximum atomic E-state index is 12.7. The van der Waals surface area contributed by atoms with E-state index < -0.39 is 9.73 Å². The Hall–Kier alpha value is -2.64. The summed E-state index contributed by atoms with van der Waals surface area (Å²) in [6, 6.07) is 5.08. The Bertz CT molecular complexity index is 1200. The molecule has 0 N–H and O–H groups in total. The van der Waals surface area contributed by atoms with Crippen molar-refractivity contribution in [2.45, 2.75) is 11.7 Å². The molecule has 26 heavy (non-hydrogen) atoms. The van der Waals surface area contributed by atoms with Crippen molar-refractivity contribution >= 4 is 38.3 Å². The number of hydrogen-bond donors (Lipinski definition) is 0. The topological polar surface area (TPSA) is 95.0 Å². The first kappa shape index (κ1) is 18.2. The quantitative estimate of drug-likeness (QED) is 0.383. The summed E-state index contributed by atoms with van der Waals surface area (Å²) in [5, 5.41) is 0.868. The zero-order valence-electron chi connectivity index (χ0n) is 14.4. The summed E-state index contributed by atoms with van der Waals surface area (Å²) < 4.78 is 19.0. The lowest BCUT2D eigenvalue weighted by molar-refractivity contribution is 0.605. The summed E-state index contributed by atoms with van der Waals surface area (Å²) in [6.07, 6.45) is 11.8. The molecule has 3 heterocycles. The van der Waals surface area contributed by atoms with Gasteiger partial charge in [0, 0.05) is 28.4 Å². The van der Waals surface area contributed by atoms with E-state index >= 15 is 0 Å². The Morgan fingerprint density at radius 1 is 1.35 bits per heavy atom. The average Bonchev–Trinajstić information content (AvgIpc) is 2.86. The minimum Gasteiger partial charge on any atom is -0.267 e. The van der Waals surface area contributed by atoms with Crippen LogP contribution in [-0.4, -0.2) is 47.3 Å². The van der Waals surface area contributed by atoms with Crippen LogP contribution in [0.5, 0.6) is 0 Å². The minimum absolute atomic E-state index is 0.0468. The lowest BCUT2D eigenvalue weighted by atomic mass is 10.4. The zero-order valence-corrected chi connectivity index (χ0v) is 16.0. The van der Waals surface area contributed by atoms with E-state index in [1.165, 1.54) is 35.2 Å². The van der Waals surface area contributed by atoms with Crippen LogP contribution in [0.1, 0.15) is 0 Å². The number of thioether (sulfide) groups is 1. The smallest absolute Gasteiger partial charge is 0.267 e. The van der Waals surface area contributed by atoms with Crippen LogP contribution in [0, 0.1) is 12.3 Å². The molecule has 0 unspecified atom stereocenters. The van der Waals surface area contributed by atoms with Gasteiger partial charge in [0.15, 0.2) is 22.4 Å². The first-order chi connectivity index (χ1) is 12.3. The minimum atomic E-state index is -2.37. The predicted octanol–water partition coefficient (Wildman–Crippen LogP) is 1.69. The van der Waals surface area contributed by atoms with E-state index in [0.29, 0.717) is 27.8 Å². The fourth-order valence-electron chi connectivity index (χ4n) is 2.38. The van der Waals surface area contributed by atoms with Crippen molar-refractivity contribution in [1.82, 2.24) is 24.3 Å². The highest BCUT2D eigenvalue weighted by atomic mass is 32.2. The molecule has 3 rings (SSSR count). The molecule has 0 radical (unpaired) electrons. The lowest BCUT2D eigenvalue weighted by Crippen LogP contribution is -2.22. The maximum absolute atomic E-state index is 12.7. The molecule has 3 aromatic rings. The molecule has 0 saturated carbocycles. The van der Waals surface area contributed by atoms with Crippen LogP contribution in [0.2, 0.25) is 0 Å². The highest BCUT2D eigenvalue weighted by molar-refractivity contribution is 7.98. The van der Waals surface area contributed by atoms with E-state index in [1.807, 2.05) is 6.26 Å². The summed E-state index contributed by atoms with van der Waals surface area (Å²) >= 11 is 1.36. The summed E-state index contributed by atoms with van der Waals surface area (Å²) in [5.74, 6) is 3.18. The number of rotatable bonds is 4. The van der Waals surface area contributed by atoms with Crippen molar-refractivity contribution < 1.29 is 4.21 Å². The molecule has 3 aromatic heterocycles. The summed E-state index contributed by atoms with van der Waals surface area (Å²) in [7, 11) is -2.37. The van der Waals surface area contributed by atoms with Crippen molar-refractivity contribution in [3.8, 4) is 18.2 Å². The van der Waals surface area contributed by atoms with Gasteiger partial charge in [0.25, 0.3) is 5.56 Å². The van der Waals surface area contributed by atoms with Crippen molar-refractivity contribution in [2.24, 2.45) is 4.36 Å². The number of hydrogen-bond acceptors (Lipinski definition) is 7. The Kier molecular flexibility index (Phi) is 4.84. The van der Waals surface area contributed by atoms with Crippen molar-refractivity contribution in [2.75, 3.05) is 18.8 Å². The molecule has 8 nitrogen and oxygen atoms in total. The number of fused-ring (bicyclic) bond motifs is 1. The molecular formula is C16H16N6O2S2. The molecule has 0 fully saturated rings. The van der Waals surface area contributed by atoms with E-state index in [0.717, 1.165) is 0 Å². The van der Waals surface area contributed by atoms with E-state index in [9.17, 15) is 9.00 Å². The molecule has 10 heteroatoms. The standard InChI is InChI=1S/C16H16N6O2S2/c1-5-9-21-15(23)11-10-17-16(25-2)19-14(11)22(21)13-8-6-7-12(18-13)20-26(3,4)24/h1,6-8,10H,9H2,2-4H3. The number of nitrogens with zero attached hydrogens (tertiary/aromatic N) is 6. The number of pyridine rings is 1. The third-order valence-electron chi connectivity index (χ3n) is 3.33. The van der Waals surface area contributed by atoms with Gasteiger partial charge in [0.1, 0.15) is 11.9 Å². The van der Waals surface area contributed by atoms with Gasteiger partial charge >= 0.3 is 0 Å². The van der Waals surface area contributed by atoms with E-state index in [4.69, 9.17) is 6.42 Å². The van der Waals surface area contributed by atoms with Gasteiger partial charge in [-0.1, -0.05) is 23.7 Å². The molecule has 0 bridgehead atoms. The van der Waals surface area contributed by atoms with E-state index in [-0.39, 0.29) is 12.1 Å². The summed E-state index contributed by atoms with van der Waals surface area (Å²) in [6.45, 7) is 0.0468. The van der Waals surface area contributed by atoms with Gasteiger partial charge in [-0.25, -0.2) is 28.5 Å². The highest BCUT2D eigenvalue weighted by Gasteiger charge is 2.18. The fraction of sp³-hybridized carbons (Fsp3) is 0.250. The largest absolute Gasteiger partial charge is 0.279 e. The van der Waals surface area contributed by atoms with Gasteiger partial charge < -0.3 is 0 Å². The molecule has 0 spiro atoms. The average molecular weight is 388 g/mol. The fourth-order valence-corrected chi connectivity index (χ4v) is 3.27. The van der Waals surface area contributed by atoms with Gasteiger partial charge in [-0.15, -0.1) is 6.42 Å². The third-order valence-corrected chi connectivity index (χ3v) is 4.52. The van der Waals surface area contributed by atoms with Gasteiger partial charge in [0.2, 0.25) is 0 Å². The van der Waals surface area contributed by atoms with Crippen molar-refractivity contribution in [3.05, 3.63) is 34.7 Å². The maximum Gasteiger partial charge on any atom is 0.279 e. The normalized spacial score (nSPS) is 11.5. The van der Waals surface area contributed by atoms with Crippen LogP contribution < -0.4 is 5.56 Å². The molecule has 0 amide bonds. The van der Waals surface area contributed by atoms with Crippen molar-refractivity contribution in [1.29, 1.82) is 0 Å². The molecule has 0 saturated heterocycles. The highest BCUT2D eigenvalue weighted by Crippen LogP contribution is 2.19. The first-order valence-electron chi connectivity index (χ1n) is 7.44. The van der Waals surface area contributed by atoms with Gasteiger partial charge in [-0.3, -0.25) is 4.79 Å². The van der Waals surface area contributed by atoms with Crippen LogP contribution >= 0.6 is 11.8 Å². The van der Waals surface area contributed by atoms with Crippen LogP contribution in [0.3, 0.4) is 0 Å². The summed E-state index contributed by atoms with van der Waals surface area (Å²) in [5.41, 5.74) is 0.104. The zero-order chi connectivity index (χ0) is 18.9. The van der Waals surface area contributed by atoms with Gasteiger partial charge in [-0.2, -0.15) is 4.36 Å². The number of terminal acetylenes is 1. The molecule has 134 valence electrons. The number of aromatic nitrogens is 5. The van der Waals surface area contributed by atoms with Crippen LogP contribution in [0.25, 0.3) is 16.9 Å². The Balaban J connectivity index is 2.35. The van der Waals surface area contributed by atoms with Crippen LogP contribution in [-0.2, 0) is 16.3 Å². The van der Waals surface area contributed by atoms with Crippen molar-refractivity contribution in [3.63, 3.8) is 0 Å². The molecular weight excluding hydrogens is 372 g/mol. The predicted molar refractivity (Wildman–Crippen MR) is 104 cm³/mol. The van der Waals surface area contributed by atoms with E-state index in [1.54, 1.807) is 22.9 Å². The second-order valence-corrected chi connectivity index (χ2v) is 8.92. The van der Waals surface area contributed by atoms with Gasteiger partial charge in [-0.05, 0) is 18.4 Å². The monoisotopic (exact) mass is 388 g/mol. The Morgan fingerprint density at radius 3 is 2.77 bits per heavy atom. The SMILES string of the molecule is C#CCn1c(=O)c2cnc(SC)nc2n1-c1cccc(N=S(C)(C)=O)n1. The van der Waals surface area contributed by atoms with E-state index in [2.05, 4.69) is 25.2 Å². The molecule has 0 aliphatic heterocycles. The molecule has 0 atom stereocenters. The molecule has 0 aromatic carbocycles. The van der Waals surface area contributed by atoms with Crippen LogP contribution in [0.15, 0.2) is 38.7 Å². The molecule has 0 aliphatic rings. The Morgan fingerprint density at radius 2 is 2.12 bits per heavy atom. The van der Waals surface area contributed by atoms with Crippen LogP contribution in [0.4, 0.5) is 5.82 Å². The van der Waals surface area contributed by atoms with Gasteiger partial charge in [0.05, 0.1) is 0 Å².